The summed E-state index contributed by atoms with van der Waals surface area (Å²) in [5, 5.41) is 3.00. The van der Waals surface area contributed by atoms with Crippen LogP contribution >= 0.6 is 0 Å². The van der Waals surface area contributed by atoms with E-state index in [2.05, 4.69) is 10.3 Å². The zero-order valence-corrected chi connectivity index (χ0v) is 16.5. The maximum absolute atomic E-state index is 12.8. The summed E-state index contributed by atoms with van der Waals surface area (Å²) >= 11 is 0. The van der Waals surface area contributed by atoms with Gasteiger partial charge in [-0.05, 0) is 43.2 Å². The minimum atomic E-state index is -4.49. The molecule has 1 aliphatic rings. The number of aryl methyl sites for hydroxylation is 1. The van der Waals surface area contributed by atoms with Gasteiger partial charge in [0.2, 0.25) is 0 Å². The summed E-state index contributed by atoms with van der Waals surface area (Å²) in [5.41, 5.74) is 0.655. The fourth-order valence-corrected chi connectivity index (χ4v) is 3.61. The van der Waals surface area contributed by atoms with Gasteiger partial charge < -0.3 is 10.1 Å². The molecule has 1 aliphatic heterocycles. The Morgan fingerprint density at radius 2 is 1.94 bits per heavy atom. The first-order valence-electron chi connectivity index (χ1n) is 9.95. The van der Waals surface area contributed by atoms with Gasteiger partial charge in [-0.3, -0.25) is 14.2 Å². The molecule has 4 rings (SSSR count). The van der Waals surface area contributed by atoms with Crippen molar-refractivity contribution < 1.29 is 22.7 Å². The van der Waals surface area contributed by atoms with Crippen LogP contribution in [0.15, 0.2) is 47.3 Å². The number of ether oxygens (including phenoxy) is 1. The van der Waals surface area contributed by atoms with E-state index >= 15 is 0 Å². The number of carbonyl (C=O) groups is 1. The molecule has 1 aromatic heterocycles. The van der Waals surface area contributed by atoms with Crippen molar-refractivity contribution in [1.29, 1.82) is 0 Å². The Morgan fingerprint density at radius 1 is 1.13 bits per heavy atom. The van der Waals surface area contributed by atoms with Gasteiger partial charge in [0.1, 0.15) is 11.6 Å². The molecule has 0 saturated heterocycles. The van der Waals surface area contributed by atoms with Crippen molar-refractivity contribution in [3.8, 4) is 5.75 Å². The van der Waals surface area contributed by atoms with Gasteiger partial charge in [-0.1, -0.05) is 18.6 Å². The maximum Gasteiger partial charge on any atom is 0.422 e. The molecule has 0 aliphatic carbocycles. The summed E-state index contributed by atoms with van der Waals surface area (Å²) in [5.74, 6) is 0.0795. The molecule has 1 N–H and O–H groups in total. The van der Waals surface area contributed by atoms with Gasteiger partial charge in [0.05, 0.1) is 16.6 Å². The first-order chi connectivity index (χ1) is 14.8. The predicted molar refractivity (Wildman–Crippen MR) is 110 cm³/mol. The minimum absolute atomic E-state index is 0.0874. The molecule has 0 fully saturated rings. The molecule has 0 saturated carbocycles. The van der Waals surface area contributed by atoms with E-state index in [0.717, 1.165) is 19.3 Å². The molecule has 0 atom stereocenters. The monoisotopic (exact) mass is 431 g/mol. The number of nitrogens with one attached hydrogen (secondary N) is 1. The number of aromatic nitrogens is 2. The SMILES string of the molecule is O=C(Nc1ccccc1OCC(F)(F)F)c1ccc2c(=O)n3c(nc2c1)CCCCC3. The van der Waals surface area contributed by atoms with Crippen LogP contribution in [0.4, 0.5) is 18.9 Å². The minimum Gasteiger partial charge on any atom is -0.482 e. The second kappa shape index (κ2) is 8.41. The molecule has 31 heavy (non-hydrogen) atoms. The van der Waals surface area contributed by atoms with Crippen molar-refractivity contribution in [2.75, 3.05) is 11.9 Å². The van der Waals surface area contributed by atoms with Gasteiger partial charge in [0, 0.05) is 18.5 Å². The largest absolute Gasteiger partial charge is 0.482 e. The van der Waals surface area contributed by atoms with E-state index < -0.39 is 18.7 Å². The number of hydrogen-bond donors (Lipinski definition) is 1. The van der Waals surface area contributed by atoms with Crippen molar-refractivity contribution in [1.82, 2.24) is 9.55 Å². The predicted octanol–water partition coefficient (Wildman–Crippen LogP) is 4.32. The average Bonchev–Trinajstić information content (AvgIpc) is 2.98. The molecular weight excluding hydrogens is 411 g/mol. The molecule has 0 bridgehead atoms. The third kappa shape index (κ3) is 4.70. The molecule has 0 radical (unpaired) electrons. The second-order valence-corrected chi connectivity index (χ2v) is 7.38. The highest BCUT2D eigenvalue weighted by Gasteiger charge is 2.29. The van der Waals surface area contributed by atoms with Crippen molar-refractivity contribution in [2.24, 2.45) is 0 Å². The first kappa shape index (κ1) is 20.9. The summed E-state index contributed by atoms with van der Waals surface area (Å²) in [6.45, 7) is -0.830. The third-order valence-electron chi connectivity index (χ3n) is 5.11. The molecule has 0 unspecified atom stereocenters. The van der Waals surface area contributed by atoms with E-state index in [-0.39, 0.29) is 22.6 Å². The van der Waals surface area contributed by atoms with Crippen LogP contribution in [-0.4, -0.2) is 28.2 Å². The van der Waals surface area contributed by atoms with Gasteiger partial charge in [-0.2, -0.15) is 13.2 Å². The summed E-state index contributed by atoms with van der Waals surface area (Å²) < 4.78 is 43.9. The molecular formula is C22H20F3N3O3. The van der Waals surface area contributed by atoms with Crippen LogP contribution in [0.25, 0.3) is 10.9 Å². The third-order valence-corrected chi connectivity index (χ3v) is 5.11. The Hall–Kier alpha value is -3.36. The lowest BCUT2D eigenvalue weighted by Gasteiger charge is -2.14. The van der Waals surface area contributed by atoms with E-state index in [4.69, 9.17) is 4.74 Å². The number of benzene rings is 2. The van der Waals surface area contributed by atoms with Crippen LogP contribution in [0.2, 0.25) is 0 Å². The number of halogens is 3. The van der Waals surface area contributed by atoms with E-state index in [0.29, 0.717) is 29.7 Å². The number of fused-ring (bicyclic) bond motifs is 2. The number of anilines is 1. The molecule has 3 aromatic rings. The number of hydrogen-bond acceptors (Lipinski definition) is 4. The fraction of sp³-hybridized carbons (Fsp3) is 0.318. The number of rotatable bonds is 4. The van der Waals surface area contributed by atoms with E-state index in [9.17, 15) is 22.8 Å². The van der Waals surface area contributed by atoms with Gasteiger partial charge in [0.25, 0.3) is 11.5 Å². The van der Waals surface area contributed by atoms with Crippen LogP contribution in [0.3, 0.4) is 0 Å². The molecule has 162 valence electrons. The zero-order chi connectivity index (χ0) is 22.0. The average molecular weight is 431 g/mol. The Bertz CT molecular complexity index is 1190. The van der Waals surface area contributed by atoms with Crippen molar-refractivity contribution in [2.45, 2.75) is 38.4 Å². The first-order valence-corrected chi connectivity index (χ1v) is 9.95. The smallest absolute Gasteiger partial charge is 0.422 e. The van der Waals surface area contributed by atoms with Crippen LogP contribution in [-0.2, 0) is 13.0 Å². The quantitative estimate of drug-likeness (QED) is 0.668. The fourth-order valence-electron chi connectivity index (χ4n) is 3.61. The number of alkyl halides is 3. The van der Waals surface area contributed by atoms with E-state index in [1.54, 1.807) is 16.7 Å². The molecule has 2 heterocycles. The van der Waals surface area contributed by atoms with Crippen LogP contribution < -0.4 is 15.6 Å². The summed E-state index contributed by atoms with van der Waals surface area (Å²) in [6.07, 6.45) is -0.884. The van der Waals surface area contributed by atoms with Gasteiger partial charge in [-0.15, -0.1) is 0 Å². The van der Waals surface area contributed by atoms with Crippen LogP contribution in [0, 0.1) is 0 Å². The van der Waals surface area contributed by atoms with Gasteiger partial charge in [-0.25, -0.2) is 4.98 Å². The second-order valence-electron chi connectivity index (χ2n) is 7.38. The highest BCUT2D eigenvalue weighted by Crippen LogP contribution is 2.27. The topological polar surface area (TPSA) is 73.2 Å². The number of para-hydroxylation sites is 2. The summed E-state index contributed by atoms with van der Waals surface area (Å²) in [6, 6.07) is 10.5. The van der Waals surface area contributed by atoms with Crippen LogP contribution in [0.5, 0.6) is 5.75 Å². The molecule has 9 heteroatoms. The van der Waals surface area contributed by atoms with Gasteiger partial charge in [0.15, 0.2) is 6.61 Å². The summed E-state index contributed by atoms with van der Waals surface area (Å²) in [4.78, 5) is 30.1. The normalized spacial score (nSPS) is 14.0. The Kier molecular flexibility index (Phi) is 5.67. The highest BCUT2D eigenvalue weighted by molar-refractivity contribution is 6.06. The maximum atomic E-state index is 12.8. The Morgan fingerprint density at radius 3 is 2.74 bits per heavy atom. The number of carbonyl (C=O) groups excluding carboxylic acids is 1. The lowest BCUT2D eigenvalue weighted by Crippen LogP contribution is -2.24. The lowest BCUT2D eigenvalue weighted by atomic mass is 10.1. The zero-order valence-electron chi connectivity index (χ0n) is 16.5. The number of amides is 1. The highest BCUT2D eigenvalue weighted by atomic mass is 19.4. The standard InChI is InChI=1S/C22H20F3N3O3/c23-22(24,25)13-31-18-7-4-3-6-16(18)27-20(29)14-9-10-15-17(12-14)26-19-8-2-1-5-11-28(19)21(15)30/h3-4,6-7,9-10,12H,1-2,5,8,11,13H2,(H,27,29). The van der Waals surface area contributed by atoms with Crippen molar-refractivity contribution in [3.63, 3.8) is 0 Å². The lowest BCUT2D eigenvalue weighted by molar-refractivity contribution is -0.153. The van der Waals surface area contributed by atoms with Crippen molar-refractivity contribution >= 4 is 22.5 Å². The Labute approximate surface area is 175 Å². The number of nitrogens with zero attached hydrogens (tertiary/aromatic N) is 2. The molecule has 1 amide bonds. The Balaban J connectivity index is 1.61. The molecule has 0 spiro atoms. The van der Waals surface area contributed by atoms with Crippen LogP contribution in [0.1, 0.15) is 35.4 Å². The van der Waals surface area contributed by atoms with E-state index in [1.165, 1.54) is 30.3 Å². The van der Waals surface area contributed by atoms with Crippen molar-refractivity contribution in [3.05, 3.63) is 64.2 Å². The summed E-state index contributed by atoms with van der Waals surface area (Å²) in [7, 11) is 0. The van der Waals surface area contributed by atoms with E-state index in [1.807, 2.05) is 0 Å². The molecule has 6 nitrogen and oxygen atoms in total. The van der Waals surface area contributed by atoms with Gasteiger partial charge >= 0.3 is 6.18 Å². The molecule has 2 aromatic carbocycles.